The third kappa shape index (κ3) is 4.15. The van der Waals surface area contributed by atoms with Gasteiger partial charge < -0.3 is 19.4 Å². The Labute approximate surface area is 155 Å². The lowest BCUT2D eigenvalue weighted by atomic mass is 10.0. The zero-order valence-corrected chi connectivity index (χ0v) is 15.6. The van der Waals surface area contributed by atoms with Gasteiger partial charge in [0.25, 0.3) is 0 Å². The van der Waals surface area contributed by atoms with E-state index in [0.29, 0.717) is 18.7 Å². The molecule has 1 amide bonds. The molecule has 1 unspecified atom stereocenters. The van der Waals surface area contributed by atoms with Gasteiger partial charge in [0.15, 0.2) is 0 Å². The van der Waals surface area contributed by atoms with Crippen molar-refractivity contribution in [3.63, 3.8) is 0 Å². The summed E-state index contributed by atoms with van der Waals surface area (Å²) in [5, 5.41) is 0. The number of likely N-dealkylation sites (tertiary alicyclic amines) is 1. The van der Waals surface area contributed by atoms with Crippen LogP contribution in [0.4, 0.5) is 5.82 Å². The van der Waals surface area contributed by atoms with Crippen molar-refractivity contribution in [1.29, 1.82) is 0 Å². The lowest BCUT2D eigenvalue weighted by Crippen LogP contribution is -2.52. The van der Waals surface area contributed by atoms with Crippen LogP contribution >= 0.6 is 0 Å². The summed E-state index contributed by atoms with van der Waals surface area (Å²) in [6.45, 7) is 6.84. The minimum Gasteiger partial charge on any atom is -0.373 e. The Balaban J connectivity index is 1.30. The highest BCUT2D eigenvalue weighted by Gasteiger charge is 2.36. The fraction of sp³-hybridized carbons (Fsp3) is 0.737. The van der Waals surface area contributed by atoms with E-state index in [9.17, 15) is 4.79 Å². The maximum absolute atomic E-state index is 11.6. The van der Waals surface area contributed by atoms with E-state index in [1.165, 1.54) is 12.8 Å². The molecule has 1 aliphatic carbocycles. The normalized spacial score (nSPS) is 25.3. The summed E-state index contributed by atoms with van der Waals surface area (Å²) in [5.41, 5.74) is 0. The summed E-state index contributed by atoms with van der Waals surface area (Å²) in [7, 11) is 0. The first-order chi connectivity index (χ1) is 12.7. The van der Waals surface area contributed by atoms with Gasteiger partial charge in [-0.2, -0.15) is 0 Å². The third-order valence-electron chi connectivity index (χ3n) is 5.77. The van der Waals surface area contributed by atoms with Gasteiger partial charge >= 0.3 is 0 Å². The van der Waals surface area contributed by atoms with Crippen molar-refractivity contribution < 1.29 is 9.53 Å². The van der Waals surface area contributed by atoms with Gasteiger partial charge in [-0.1, -0.05) is 0 Å². The highest BCUT2D eigenvalue weighted by Crippen LogP contribution is 2.35. The summed E-state index contributed by atoms with van der Waals surface area (Å²) in [4.78, 5) is 27.1. The van der Waals surface area contributed by atoms with Crippen LogP contribution in [0.25, 0.3) is 0 Å². The molecule has 7 nitrogen and oxygen atoms in total. The quantitative estimate of drug-likeness (QED) is 0.786. The van der Waals surface area contributed by atoms with E-state index in [-0.39, 0.29) is 12.0 Å². The Morgan fingerprint density at radius 1 is 1.23 bits per heavy atom. The molecule has 3 fully saturated rings. The fourth-order valence-electron chi connectivity index (χ4n) is 4.25. The smallest absolute Gasteiger partial charge is 0.219 e. The molecule has 0 bridgehead atoms. The van der Waals surface area contributed by atoms with Gasteiger partial charge in [0.2, 0.25) is 5.91 Å². The van der Waals surface area contributed by atoms with Gasteiger partial charge in [0, 0.05) is 57.9 Å². The van der Waals surface area contributed by atoms with Crippen molar-refractivity contribution in [1.82, 2.24) is 19.8 Å². The van der Waals surface area contributed by atoms with Crippen LogP contribution in [0.3, 0.4) is 0 Å². The van der Waals surface area contributed by atoms with Crippen LogP contribution in [0.15, 0.2) is 18.6 Å². The molecule has 1 saturated carbocycles. The topological polar surface area (TPSA) is 61.8 Å². The third-order valence-corrected chi connectivity index (χ3v) is 5.77. The number of anilines is 1. The zero-order chi connectivity index (χ0) is 17.9. The van der Waals surface area contributed by atoms with Crippen LogP contribution in [0.5, 0.6) is 0 Å². The molecule has 1 atom stereocenters. The number of piperidine rings is 1. The van der Waals surface area contributed by atoms with Crippen LogP contribution in [-0.4, -0.2) is 83.2 Å². The van der Waals surface area contributed by atoms with E-state index in [1.54, 1.807) is 13.3 Å². The number of rotatable bonds is 5. The maximum Gasteiger partial charge on any atom is 0.219 e. The second-order valence-corrected chi connectivity index (χ2v) is 7.70. The average Bonchev–Trinajstić information content (AvgIpc) is 3.49. The van der Waals surface area contributed by atoms with Crippen LogP contribution in [0, 0.1) is 0 Å². The summed E-state index contributed by atoms with van der Waals surface area (Å²) in [6.07, 6.45) is 8.51. The molecule has 3 heterocycles. The van der Waals surface area contributed by atoms with Crippen molar-refractivity contribution in [2.24, 2.45) is 0 Å². The van der Waals surface area contributed by atoms with E-state index >= 15 is 0 Å². The number of hydrogen-bond acceptors (Lipinski definition) is 6. The number of morpholine rings is 1. The summed E-state index contributed by atoms with van der Waals surface area (Å²) < 4.78 is 5.89. The van der Waals surface area contributed by atoms with Crippen molar-refractivity contribution in [3.05, 3.63) is 18.6 Å². The van der Waals surface area contributed by atoms with Crippen molar-refractivity contribution >= 4 is 11.7 Å². The molecule has 7 heteroatoms. The SMILES string of the molecule is CC(=O)N1CCOC(CN2CCC(N(c3ccncn3)C3CC3)CC2)C1. The predicted molar refractivity (Wildman–Crippen MR) is 99.0 cm³/mol. The molecule has 0 spiro atoms. The lowest BCUT2D eigenvalue weighted by molar-refractivity contribution is -0.137. The molecule has 2 saturated heterocycles. The Morgan fingerprint density at radius 3 is 2.65 bits per heavy atom. The number of carbonyl (C=O) groups excluding carboxylic acids is 1. The van der Waals surface area contributed by atoms with E-state index in [2.05, 4.69) is 19.8 Å². The molecule has 142 valence electrons. The van der Waals surface area contributed by atoms with E-state index in [0.717, 1.165) is 51.4 Å². The van der Waals surface area contributed by atoms with Gasteiger partial charge in [-0.3, -0.25) is 4.79 Å². The summed E-state index contributed by atoms with van der Waals surface area (Å²) in [5.74, 6) is 1.23. The molecule has 1 aromatic rings. The first kappa shape index (κ1) is 17.7. The Hall–Kier alpha value is -1.73. The summed E-state index contributed by atoms with van der Waals surface area (Å²) in [6, 6.07) is 3.26. The monoisotopic (exact) mass is 359 g/mol. The van der Waals surface area contributed by atoms with E-state index in [1.807, 2.05) is 17.2 Å². The number of aromatic nitrogens is 2. The highest BCUT2D eigenvalue weighted by atomic mass is 16.5. The van der Waals surface area contributed by atoms with Crippen LogP contribution < -0.4 is 4.90 Å². The van der Waals surface area contributed by atoms with Gasteiger partial charge in [0.05, 0.1) is 12.7 Å². The lowest BCUT2D eigenvalue weighted by Gasteiger charge is -2.41. The molecule has 0 radical (unpaired) electrons. The molecular formula is C19H29N5O2. The second kappa shape index (κ2) is 7.88. The number of hydrogen-bond donors (Lipinski definition) is 0. The van der Waals surface area contributed by atoms with Crippen molar-refractivity contribution in [2.45, 2.75) is 50.8 Å². The number of carbonyl (C=O) groups is 1. The molecule has 4 rings (SSSR count). The molecule has 2 aliphatic heterocycles. The fourth-order valence-corrected chi connectivity index (χ4v) is 4.25. The second-order valence-electron chi connectivity index (χ2n) is 7.70. The summed E-state index contributed by atoms with van der Waals surface area (Å²) >= 11 is 0. The van der Waals surface area contributed by atoms with Gasteiger partial charge in [-0.25, -0.2) is 9.97 Å². The predicted octanol–water partition coefficient (Wildman–Crippen LogP) is 1.16. The molecule has 26 heavy (non-hydrogen) atoms. The number of nitrogens with zero attached hydrogens (tertiary/aromatic N) is 5. The number of ether oxygens (including phenoxy) is 1. The van der Waals surface area contributed by atoms with Gasteiger partial charge in [-0.05, 0) is 31.7 Å². The molecule has 1 aromatic heterocycles. The number of amides is 1. The minimum absolute atomic E-state index is 0.144. The van der Waals surface area contributed by atoms with Gasteiger partial charge in [-0.15, -0.1) is 0 Å². The molecular weight excluding hydrogens is 330 g/mol. The van der Waals surface area contributed by atoms with Crippen LogP contribution in [0.2, 0.25) is 0 Å². The van der Waals surface area contributed by atoms with E-state index in [4.69, 9.17) is 4.74 Å². The average molecular weight is 359 g/mol. The van der Waals surface area contributed by atoms with Gasteiger partial charge in [0.1, 0.15) is 12.1 Å². The maximum atomic E-state index is 11.6. The Kier molecular flexibility index (Phi) is 5.36. The Bertz CT molecular complexity index is 601. The molecule has 0 aromatic carbocycles. The molecule has 0 N–H and O–H groups in total. The zero-order valence-electron chi connectivity index (χ0n) is 15.6. The van der Waals surface area contributed by atoms with Crippen molar-refractivity contribution in [2.75, 3.05) is 44.2 Å². The van der Waals surface area contributed by atoms with Crippen LogP contribution in [-0.2, 0) is 9.53 Å². The first-order valence-corrected chi connectivity index (χ1v) is 9.84. The molecule has 3 aliphatic rings. The van der Waals surface area contributed by atoms with E-state index < -0.39 is 0 Å². The first-order valence-electron chi connectivity index (χ1n) is 9.84. The Morgan fingerprint density at radius 2 is 2.00 bits per heavy atom. The van der Waals surface area contributed by atoms with Crippen LogP contribution in [0.1, 0.15) is 32.6 Å². The standard InChI is InChI=1S/C19H29N5O2/c1-15(25)23-10-11-26-18(13-23)12-22-8-5-17(6-9-22)24(16-2-3-16)19-4-7-20-14-21-19/h4,7,14,16-18H,2-3,5-6,8-13H2,1H3. The highest BCUT2D eigenvalue weighted by molar-refractivity contribution is 5.73. The van der Waals surface area contributed by atoms with Crippen molar-refractivity contribution in [3.8, 4) is 0 Å². The largest absolute Gasteiger partial charge is 0.373 e. The minimum atomic E-state index is 0.144.